The highest BCUT2D eigenvalue weighted by atomic mass is 32.1. The summed E-state index contributed by atoms with van der Waals surface area (Å²) in [7, 11) is 0. The molecule has 2 N–H and O–H groups in total. The van der Waals surface area contributed by atoms with Crippen molar-refractivity contribution >= 4 is 39.8 Å². The predicted molar refractivity (Wildman–Crippen MR) is 98.0 cm³/mol. The van der Waals surface area contributed by atoms with Gasteiger partial charge in [0, 0.05) is 11.8 Å². The normalized spacial score (nSPS) is 11.6. The highest BCUT2D eigenvalue weighted by Gasteiger charge is 2.26. The summed E-state index contributed by atoms with van der Waals surface area (Å²) in [5, 5.41) is 5.34. The van der Waals surface area contributed by atoms with E-state index >= 15 is 0 Å². The molecule has 26 heavy (non-hydrogen) atoms. The Balaban J connectivity index is 2.13. The summed E-state index contributed by atoms with van der Waals surface area (Å²) in [6, 6.07) is 5.69. The number of thiophene rings is 1. The van der Waals surface area contributed by atoms with Gasteiger partial charge in [-0.05, 0) is 38.5 Å². The summed E-state index contributed by atoms with van der Waals surface area (Å²) in [5.41, 5.74) is 0.889. The fourth-order valence-electron chi connectivity index (χ4n) is 2.19. The molecule has 1 aromatic carbocycles. The van der Waals surface area contributed by atoms with E-state index in [1.807, 2.05) is 6.92 Å². The van der Waals surface area contributed by atoms with Crippen LogP contribution in [0.4, 0.5) is 15.1 Å². The number of ether oxygens (including phenoxy) is 1. The third kappa shape index (κ3) is 4.45. The minimum atomic E-state index is -1.15. The minimum Gasteiger partial charge on any atom is -0.449 e. The van der Waals surface area contributed by atoms with Gasteiger partial charge < -0.3 is 15.4 Å². The molecule has 0 spiro atoms. The van der Waals surface area contributed by atoms with E-state index in [4.69, 9.17) is 4.74 Å². The Morgan fingerprint density at radius 3 is 2.42 bits per heavy atom. The molecular weight excluding hydrogens is 359 g/mol. The molecule has 0 radical (unpaired) electrons. The van der Waals surface area contributed by atoms with E-state index in [9.17, 15) is 18.8 Å². The van der Waals surface area contributed by atoms with E-state index < -0.39 is 23.8 Å². The number of para-hydroxylation sites is 1. The Morgan fingerprint density at radius 2 is 1.81 bits per heavy atom. The zero-order valence-electron chi connectivity index (χ0n) is 14.8. The van der Waals surface area contributed by atoms with Crippen LogP contribution >= 0.6 is 11.3 Å². The van der Waals surface area contributed by atoms with Crippen LogP contribution in [0.3, 0.4) is 0 Å². The van der Waals surface area contributed by atoms with Gasteiger partial charge >= 0.3 is 5.97 Å². The molecule has 0 unspecified atom stereocenters. The van der Waals surface area contributed by atoms with Crippen LogP contribution in [0.5, 0.6) is 0 Å². The number of hydrogen-bond acceptors (Lipinski definition) is 5. The number of halogens is 1. The Kier molecular flexibility index (Phi) is 6.10. The second-order valence-corrected chi connectivity index (χ2v) is 6.91. The minimum absolute atomic E-state index is 0.00175. The Bertz CT molecular complexity index is 863. The average Bonchev–Trinajstić information content (AvgIpc) is 2.82. The molecule has 0 saturated heterocycles. The highest BCUT2D eigenvalue weighted by Crippen LogP contribution is 2.33. The topological polar surface area (TPSA) is 84.5 Å². The van der Waals surface area contributed by atoms with Gasteiger partial charge in [0.05, 0.1) is 11.3 Å². The van der Waals surface area contributed by atoms with Crippen molar-refractivity contribution in [1.29, 1.82) is 0 Å². The molecule has 8 heteroatoms. The van der Waals surface area contributed by atoms with Crippen molar-refractivity contribution in [3.8, 4) is 0 Å². The summed E-state index contributed by atoms with van der Waals surface area (Å²) < 4.78 is 18.8. The van der Waals surface area contributed by atoms with E-state index in [1.54, 1.807) is 13.0 Å². The number of benzene rings is 1. The maximum Gasteiger partial charge on any atom is 0.342 e. The van der Waals surface area contributed by atoms with Gasteiger partial charge in [-0.25, -0.2) is 9.18 Å². The molecule has 6 nitrogen and oxygen atoms in total. The highest BCUT2D eigenvalue weighted by molar-refractivity contribution is 7.16. The molecule has 0 aliphatic carbocycles. The summed E-state index contributed by atoms with van der Waals surface area (Å²) in [5.74, 6) is -2.29. The van der Waals surface area contributed by atoms with Gasteiger partial charge in [-0.2, -0.15) is 0 Å². The fourth-order valence-corrected chi connectivity index (χ4v) is 3.29. The van der Waals surface area contributed by atoms with Gasteiger partial charge in [0.15, 0.2) is 6.10 Å². The zero-order chi connectivity index (χ0) is 19.4. The van der Waals surface area contributed by atoms with Crippen LogP contribution in [0, 0.1) is 19.7 Å². The Morgan fingerprint density at radius 1 is 1.15 bits per heavy atom. The number of rotatable bonds is 5. The van der Waals surface area contributed by atoms with E-state index in [2.05, 4.69) is 10.6 Å². The molecule has 0 fully saturated rings. The lowest BCUT2D eigenvalue weighted by molar-refractivity contribution is -0.123. The van der Waals surface area contributed by atoms with E-state index in [0.29, 0.717) is 10.6 Å². The van der Waals surface area contributed by atoms with Crippen LogP contribution < -0.4 is 10.6 Å². The van der Waals surface area contributed by atoms with Gasteiger partial charge in [0.25, 0.3) is 5.91 Å². The molecule has 1 aromatic heterocycles. The summed E-state index contributed by atoms with van der Waals surface area (Å²) in [6.07, 6.45) is -1.15. The fraction of sp³-hybridized carbons (Fsp3) is 0.278. The number of carbonyl (C=O) groups excluding carboxylic acids is 3. The molecule has 2 amide bonds. The maximum absolute atomic E-state index is 13.6. The summed E-state index contributed by atoms with van der Waals surface area (Å²) in [4.78, 5) is 36.8. The van der Waals surface area contributed by atoms with Gasteiger partial charge in [-0.15, -0.1) is 11.3 Å². The van der Waals surface area contributed by atoms with Gasteiger partial charge in [0.1, 0.15) is 10.8 Å². The molecule has 0 aliphatic heterocycles. The first kappa shape index (κ1) is 19.6. The molecular formula is C18H19FN2O4S. The number of aryl methyl sites for hydroxylation is 1. The van der Waals surface area contributed by atoms with Gasteiger partial charge in [0.2, 0.25) is 5.91 Å². The largest absolute Gasteiger partial charge is 0.449 e. The average molecular weight is 378 g/mol. The Labute approximate surface area is 154 Å². The van der Waals surface area contributed by atoms with Crippen molar-refractivity contribution in [1.82, 2.24) is 0 Å². The first-order valence-electron chi connectivity index (χ1n) is 7.84. The Hall–Kier alpha value is -2.74. The van der Waals surface area contributed by atoms with Crippen LogP contribution in [0.1, 0.15) is 34.6 Å². The number of anilines is 2. The number of nitrogens with one attached hydrogen (secondary N) is 2. The zero-order valence-corrected chi connectivity index (χ0v) is 15.6. The summed E-state index contributed by atoms with van der Waals surface area (Å²) >= 11 is 1.25. The lowest BCUT2D eigenvalue weighted by atomic mass is 10.1. The SMILES string of the molecule is CC(=O)Nc1sc(C)c(C)c1C(=O)O[C@H](C)C(=O)Nc1ccccc1F. The second kappa shape index (κ2) is 8.09. The molecule has 0 saturated carbocycles. The van der Waals surface area contributed by atoms with Crippen molar-refractivity contribution in [3.05, 3.63) is 46.1 Å². The molecule has 0 aliphatic rings. The molecule has 2 rings (SSSR count). The molecule has 2 aromatic rings. The van der Waals surface area contributed by atoms with Crippen LogP contribution in [0.25, 0.3) is 0 Å². The molecule has 1 heterocycles. The van der Waals surface area contributed by atoms with Crippen molar-refractivity contribution in [2.24, 2.45) is 0 Å². The van der Waals surface area contributed by atoms with Crippen LogP contribution in [-0.2, 0) is 14.3 Å². The van der Waals surface area contributed by atoms with E-state index in [-0.39, 0.29) is 17.2 Å². The monoisotopic (exact) mass is 378 g/mol. The van der Waals surface area contributed by atoms with Crippen LogP contribution in [-0.4, -0.2) is 23.9 Å². The molecule has 138 valence electrons. The first-order valence-corrected chi connectivity index (χ1v) is 8.66. The maximum atomic E-state index is 13.6. The quantitative estimate of drug-likeness (QED) is 0.778. The van der Waals surface area contributed by atoms with Gasteiger partial charge in [-0.3, -0.25) is 9.59 Å². The van der Waals surface area contributed by atoms with Crippen molar-refractivity contribution < 1.29 is 23.5 Å². The standard InChI is InChI=1S/C18H19FN2O4S/c1-9-11(3)26-17(20-12(4)22)15(9)18(24)25-10(2)16(23)21-14-8-6-5-7-13(14)19/h5-8,10H,1-4H3,(H,20,22)(H,21,23)/t10-/m1/s1. The van der Waals surface area contributed by atoms with E-state index in [1.165, 1.54) is 43.4 Å². The van der Waals surface area contributed by atoms with Gasteiger partial charge in [-0.1, -0.05) is 12.1 Å². The van der Waals surface area contributed by atoms with Crippen molar-refractivity contribution in [2.45, 2.75) is 33.8 Å². The number of carbonyl (C=O) groups is 3. The van der Waals surface area contributed by atoms with Crippen LogP contribution in [0.15, 0.2) is 24.3 Å². The van der Waals surface area contributed by atoms with E-state index in [0.717, 1.165) is 4.88 Å². The second-order valence-electron chi connectivity index (χ2n) is 5.69. The predicted octanol–water partition coefficient (Wildman–Crippen LogP) is 3.65. The van der Waals surface area contributed by atoms with Crippen molar-refractivity contribution in [3.63, 3.8) is 0 Å². The number of esters is 1. The van der Waals surface area contributed by atoms with Crippen molar-refractivity contribution in [2.75, 3.05) is 10.6 Å². The van der Waals surface area contributed by atoms with Crippen LogP contribution in [0.2, 0.25) is 0 Å². The smallest absolute Gasteiger partial charge is 0.342 e. The molecule has 0 bridgehead atoms. The number of hydrogen-bond donors (Lipinski definition) is 2. The summed E-state index contributed by atoms with van der Waals surface area (Å²) in [6.45, 7) is 6.28. The third-order valence-corrected chi connectivity index (χ3v) is 4.79. The lowest BCUT2D eigenvalue weighted by Crippen LogP contribution is -2.30. The molecule has 1 atom stereocenters. The lowest BCUT2D eigenvalue weighted by Gasteiger charge is -2.14. The number of amides is 2. The first-order chi connectivity index (χ1) is 12.2. The third-order valence-electron chi connectivity index (χ3n) is 3.66.